The van der Waals surface area contributed by atoms with Crippen LogP contribution < -0.4 is 10.9 Å². The number of hydrogen-bond donors (Lipinski definition) is 4. The minimum atomic E-state index is -1.17. The first-order valence-corrected chi connectivity index (χ1v) is 5.96. The molecule has 0 fully saturated rings. The third kappa shape index (κ3) is 3.08. The Balaban J connectivity index is 2.38. The van der Waals surface area contributed by atoms with Crippen LogP contribution in [-0.4, -0.2) is 27.1 Å². The number of aromatic carboxylic acids is 1. The number of carboxylic acids is 1. The van der Waals surface area contributed by atoms with E-state index in [1.807, 2.05) is 0 Å². The third-order valence-corrected chi connectivity index (χ3v) is 2.83. The highest BCUT2D eigenvalue weighted by Crippen LogP contribution is 2.20. The number of anilines is 1. The van der Waals surface area contributed by atoms with Gasteiger partial charge in [-0.1, -0.05) is 12.1 Å². The summed E-state index contributed by atoms with van der Waals surface area (Å²) in [6.07, 6.45) is 0. The largest absolute Gasteiger partial charge is 0.494 e. The molecule has 2 rings (SSSR count). The first-order valence-electron chi connectivity index (χ1n) is 5.96. The van der Waals surface area contributed by atoms with Crippen LogP contribution in [0, 0.1) is 6.92 Å². The van der Waals surface area contributed by atoms with E-state index in [9.17, 15) is 24.6 Å². The van der Waals surface area contributed by atoms with Gasteiger partial charge in [-0.2, -0.15) is 0 Å². The first-order chi connectivity index (χ1) is 9.88. The molecule has 21 heavy (non-hydrogen) atoms. The molecule has 2 aromatic rings. The number of carbonyl (C=O) groups is 2. The van der Waals surface area contributed by atoms with E-state index in [0.717, 1.165) is 12.1 Å². The van der Waals surface area contributed by atoms with Crippen molar-refractivity contribution in [3.63, 3.8) is 0 Å². The lowest BCUT2D eigenvalue weighted by Crippen LogP contribution is -2.18. The summed E-state index contributed by atoms with van der Waals surface area (Å²) < 4.78 is 0. The van der Waals surface area contributed by atoms with Gasteiger partial charge in [0.25, 0.3) is 11.5 Å². The highest BCUT2D eigenvalue weighted by molar-refractivity contribution is 6.08. The first kappa shape index (κ1) is 14.3. The molecule has 108 valence electrons. The molecule has 0 saturated carbocycles. The van der Waals surface area contributed by atoms with Crippen LogP contribution in [0.5, 0.6) is 5.88 Å². The minimum Gasteiger partial charge on any atom is -0.494 e. The van der Waals surface area contributed by atoms with Gasteiger partial charge in [-0.05, 0) is 18.6 Å². The number of pyridine rings is 1. The van der Waals surface area contributed by atoms with Crippen molar-refractivity contribution in [2.24, 2.45) is 0 Å². The smallest absolute Gasteiger partial charge is 0.338 e. The molecule has 0 radical (unpaired) electrons. The zero-order chi connectivity index (χ0) is 15.6. The highest BCUT2D eigenvalue weighted by Gasteiger charge is 2.16. The number of benzene rings is 1. The van der Waals surface area contributed by atoms with Crippen molar-refractivity contribution in [3.05, 3.63) is 57.4 Å². The molecule has 1 aromatic carbocycles. The summed E-state index contributed by atoms with van der Waals surface area (Å²) in [4.78, 5) is 36.6. The predicted molar refractivity (Wildman–Crippen MR) is 74.8 cm³/mol. The molecule has 0 spiro atoms. The summed E-state index contributed by atoms with van der Waals surface area (Å²) in [6.45, 7) is 1.61. The van der Waals surface area contributed by atoms with Crippen LogP contribution in [0.1, 0.15) is 26.3 Å². The number of amides is 1. The maximum atomic E-state index is 12.0. The second-order valence-corrected chi connectivity index (χ2v) is 4.38. The summed E-state index contributed by atoms with van der Waals surface area (Å²) in [5, 5.41) is 20.9. The number of carbonyl (C=O) groups excluding carboxylic acids is 1. The van der Waals surface area contributed by atoms with E-state index in [1.165, 1.54) is 6.07 Å². The van der Waals surface area contributed by atoms with E-state index in [1.54, 1.807) is 19.1 Å². The monoisotopic (exact) mass is 288 g/mol. The molecule has 0 saturated heterocycles. The normalized spacial score (nSPS) is 10.1. The lowest BCUT2D eigenvalue weighted by atomic mass is 10.1. The van der Waals surface area contributed by atoms with Gasteiger partial charge in [0, 0.05) is 12.1 Å². The molecule has 4 N–H and O–H groups in total. The number of carboxylic acid groups (broad SMARTS) is 1. The zero-order valence-corrected chi connectivity index (χ0v) is 11.0. The van der Waals surface area contributed by atoms with Crippen molar-refractivity contribution < 1.29 is 19.8 Å². The Kier molecular flexibility index (Phi) is 3.75. The van der Waals surface area contributed by atoms with Crippen molar-refractivity contribution in [3.8, 4) is 5.88 Å². The van der Waals surface area contributed by atoms with E-state index >= 15 is 0 Å². The van der Waals surface area contributed by atoms with Crippen molar-refractivity contribution in [2.45, 2.75) is 6.92 Å². The molecule has 1 aromatic heterocycles. The van der Waals surface area contributed by atoms with Crippen LogP contribution in [0.25, 0.3) is 0 Å². The van der Waals surface area contributed by atoms with Gasteiger partial charge in [0.1, 0.15) is 0 Å². The average Bonchev–Trinajstić information content (AvgIpc) is 2.37. The maximum Gasteiger partial charge on any atom is 0.338 e. The topological polar surface area (TPSA) is 119 Å². The fourth-order valence-corrected chi connectivity index (χ4v) is 1.91. The molecule has 0 bridgehead atoms. The van der Waals surface area contributed by atoms with Gasteiger partial charge < -0.3 is 15.5 Å². The fourth-order valence-electron chi connectivity index (χ4n) is 1.91. The van der Waals surface area contributed by atoms with Crippen LogP contribution in [0.15, 0.2) is 35.1 Å². The van der Waals surface area contributed by atoms with Gasteiger partial charge in [-0.15, -0.1) is 0 Å². The second kappa shape index (κ2) is 5.49. The van der Waals surface area contributed by atoms with Crippen molar-refractivity contribution in [1.29, 1.82) is 0 Å². The summed E-state index contributed by atoms with van der Waals surface area (Å²) in [5.41, 5.74) is -0.127. The van der Waals surface area contributed by atoms with Gasteiger partial charge in [-0.3, -0.25) is 14.6 Å². The average molecular weight is 288 g/mol. The standard InChI is InChI=1S/C14H12N2O5/c1-7-3-2-4-9(12(7)14(20)21)15-13(19)8-5-10(17)16-11(18)6-8/h2-6H,1H3,(H,15,19)(H,20,21)(H2,16,17,18). The number of aromatic hydroxyl groups is 1. The van der Waals surface area contributed by atoms with Crippen LogP contribution in [0.3, 0.4) is 0 Å². The SMILES string of the molecule is Cc1cccc(NC(=O)c2cc(O)[nH]c(=O)c2)c1C(=O)O. The van der Waals surface area contributed by atoms with Crippen molar-refractivity contribution in [2.75, 3.05) is 5.32 Å². The molecule has 7 heteroatoms. The summed E-state index contributed by atoms with van der Waals surface area (Å²) in [7, 11) is 0. The molecule has 0 unspecified atom stereocenters. The Hall–Kier alpha value is -3.09. The van der Waals surface area contributed by atoms with Crippen LogP contribution in [0.2, 0.25) is 0 Å². The fraction of sp³-hybridized carbons (Fsp3) is 0.0714. The summed E-state index contributed by atoms with van der Waals surface area (Å²) in [6, 6.07) is 6.74. The number of aromatic nitrogens is 1. The Morgan fingerprint density at radius 1 is 1.24 bits per heavy atom. The van der Waals surface area contributed by atoms with Gasteiger partial charge in [-0.25, -0.2) is 4.79 Å². The molecule has 1 heterocycles. The Labute approximate surface area is 118 Å². The van der Waals surface area contributed by atoms with E-state index in [2.05, 4.69) is 10.3 Å². The number of aromatic amines is 1. The highest BCUT2D eigenvalue weighted by atomic mass is 16.4. The minimum absolute atomic E-state index is 0.0279. The van der Waals surface area contributed by atoms with Gasteiger partial charge in [0.05, 0.1) is 16.8 Å². The number of aryl methyl sites for hydroxylation is 1. The predicted octanol–water partition coefficient (Wildman–Crippen LogP) is 1.34. The lowest BCUT2D eigenvalue weighted by molar-refractivity contribution is 0.0697. The number of H-pyrrole nitrogens is 1. The van der Waals surface area contributed by atoms with E-state index in [0.29, 0.717) is 5.56 Å². The molecule has 0 aliphatic rings. The van der Waals surface area contributed by atoms with Crippen LogP contribution in [-0.2, 0) is 0 Å². The summed E-state index contributed by atoms with van der Waals surface area (Å²) in [5.74, 6) is -2.31. The Morgan fingerprint density at radius 2 is 1.95 bits per heavy atom. The number of rotatable bonds is 3. The molecular weight excluding hydrogens is 276 g/mol. The van der Waals surface area contributed by atoms with Gasteiger partial charge in [0.15, 0.2) is 5.88 Å². The number of hydrogen-bond acceptors (Lipinski definition) is 4. The number of nitrogens with one attached hydrogen (secondary N) is 2. The Bertz CT molecular complexity index is 779. The molecule has 0 atom stereocenters. The molecular formula is C14H12N2O5. The molecule has 1 amide bonds. The van der Waals surface area contributed by atoms with Gasteiger partial charge in [0.2, 0.25) is 0 Å². The van der Waals surface area contributed by atoms with E-state index in [4.69, 9.17) is 0 Å². The summed E-state index contributed by atoms with van der Waals surface area (Å²) >= 11 is 0. The molecule has 0 aliphatic heterocycles. The van der Waals surface area contributed by atoms with Crippen molar-refractivity contribution >= 4 is 17.6 Å². The second-order valence-electron chi connectivity index (χ2n) is 4.38. The van der Waals surface area contributed by atoms with Crippen LogP contribution in [0.4, 0.5) is 5.69 Å². The zero-order valence-electron chi connectivity index (χ0n) is 11.0. The molecule has 0 aliphatic carbocycles. The quantitative estimate of drug-likeness (QED) is 0.679. The van der Waals surface area contributed by atoms with E-state index < -0.39 is 23.3 Å². The Morgan fingerprint density at radius 3 is 2.57 bits per heavy atom. The van der Waals surface area contributed by atoms with Crippen molar-refractivity contribution in [1.82, 2.24) is 4.98 Å². The van der Waals surface area contributed by atoms with Crippen LogP contribution >= 0.6 is 0 Å². The molecule has 7 nitrogen and oxygen atoms in total. The lowest BCUT2D eigenvalue weighted by Gasteiger charge is -2.10. The third-order valence-electron chi connectivity index (χ3n) is 2.83. The maximum absolute atomic E-state index is 12.0. The van der Waals surface area contributed by atoms with E-state index in [-0.39, 0.29) is 16.8 Å². The van der Waals surface area contributed by atoms with Gasteiger partial charge >= 0.3 is 5.97 Å².